The van der Waals surface area contributed by atoms with Crippen molar-refractivity contribution in [3.63, 3.8) is 0 Å². The van der Waals surface area contributed by atoms with Gasteiger partial charge >= 0.3 is 11.9 Å². The van der Waals surface area contributed by atoms with Gasteiger partial charge in [-0.3, -0.25) is 9.59 Å². The monoisotopic (exact) mass is 955 g/mol. The van der Waals surface area contributed by atoms with Crippen molar-refractivity contribution in [2.75, 3.05) is 13.6 Å². The van der Waals surface area contributed by atoms with Crippen LogP contribution in [0.4, 0.5) is 0 Å². The summed E-state index contributed by atoms with van der Waals surface area (Å²) < 4.78 is 44.9. The standard InChI is InChI=1S/C24H28O7.C20H22O8.C4H5Cl2N/c1-13-9-10-17(25)22-18(30-24(4,5)31-22)8-6-7-16-20(23(26)29-15(13)3)14(2)11-19-21(16)28-12-27-19;1-10-6-7-14(22)18(24)13(21)5-3-4-12-17(20(25)28-11(10)2)15(23)8-16-19(12)27-9-26-16;1-2-3-7-4(5)6/h6-7,9-11,13,15,18,22H,8,12H2,1-5H3;3-4,6-8,10-11,13,18,21,23-24H,5,9H2,1-2H3;2,4H,1H3/b7-6?,10-9-;4-3+,7-6-;/t13-,15+,18+,22-;10-,11+,13+,18+;/m11./s1. The van der Waals surface area contributed by atoms with Crippen LogP contribution < -0.4 is 18.9 Å². The number of ketones is 2. The molecule has 2 aromatic rings. The van der Waals surface area contributed by atoms with Crippen LogP contribution in [-0.2, 0) is 28.5 Å². The van der Waals surface area contributed by atoms with Crippen LogP contribution in [-0.4, -0.2) is 106 Å². The number of aliphatic imine (C=N–C) groups is 1. The van der Waals surface area contributed by atoms with Crippen molar-refractivity contribution in [2.45, 2.75) is 116 Å². The fourth-order valence-electron chi connectivity index (χ4n) is 7.07. The highest BCUT2D eigenvalue weighted by atomic mass is 35.5. The number of esters is 2. The van der Waals surface area contributed by atoms with Crippen molar-refractivity contribution in [3.05, 3.63) is 82.5 Å². The third-order valence-corrected chi connectivity index (χ3v) is 11.1. The largest absolute Gasteiger partial charge is 0.507 e. The van der Waals surface area contributed by atoms with Crippen molar-refractivity contribution >= 4 is 64.7 Å². The number of aliphatic hydroxyl groups excluding tert-OH is 2. The summed E-state index contributed by atoms with van der Waals surface area (Å²) in [6, 6.07) is 3.07. The van der Waals surface area contributed by atoms with E-state index in [2.05, 4.69) is 10.9 Å². The Balaban J connectivity index is 0.000000217. The first kappa shape index (κ1) is 51.5. The smallest absolute Gasteiger partial charge is 0.342 e. The van der Waals surface area contributed by atoms with Crippen molar-refractivity contribution < 1.29 is 72.4 Å². The first-order chi connectivity index (χ1) is 31.2. The number of hydrogen-bond acceptors (Lipinski definition) is 16. The average molecular weight is 957 g/mol. The topological polar surface area (TPSA) is 215 Å². The van der Waals surface area contributed by atoms with Crippen molar-refractivity contribution in [2.24, 2.45) is 16.8 Å². The number of allylic oxidation sites excluding steroid dienone is 1. The molecule has 5 heterocycles. The van der Waals surface area contributed by atoms with Gasteiger partial charge in [-0.25, -0.2) is 14.6 Å². The molecule has 0 spiro atoms. The lowest BCUT2D eigenvalue weighted by Crippen LogP contribution is -2.32. The summed E-state index contributed by atoms with van der Waals surface area (Å²) in [5.74, 6) is 0.419. The highest BCUT2D eigenvalue weighted by molar-refractivity contribution is 6.44. The van der Waals surface area contributed by atoms with Gasteiger partial charge in [0.05, 0.1) is 17.8 Å². The minimum atomic E-state index is -1.58. The Morgan fingerprint density at radius 2 is 1.29 bits per heavy atom. The van der Waals surface area contributed by atoms with Gasteiger partial charge in [0.15, 0.2) is 40.4 Å². The number of carbonyl (C=O) groups excluding carboxylic acids is 4. The number of ether oxygens (including phenoxy) is 8. The number of phenols is 1. The summed E-state index contributed by atoms with van der Waals surface area (Å²) in [6.45, 7) is 14.3. The molecule has 1 fully saturated rings. The zero-order valence-electron chi connectivity index (χ0n) is 37.8. The number of carbonyl (C=O) groups is 4. The Kier molecular flexibility index (Phi) is 17.8. The summed E-state index contributed by atoms with van der Waals surface area (Å²) >= 11 is 10.3. The molecular formula is C48H55Cl2NO15. The van der Waals surface area contributed by atoms with Crippen LogP contribution >= 0.6 is 23.2 Å². The number of nitrogens with zero attached hydrogens (tertiary/aromatic N) is 1. The molecule has 8 atom stereocenters. The summed E-state index contributed by atoms with van der Waals surface area (Å²) in [6.07, 6.45) is 9.41. The Labute approximate surface area is 393 Å². The lowest BCUT2D eigenvalue weighted by Gasteiger charge is -2.20. The first-order valence-electron chi connectivity index (χ1n) is 21.2. The summed E-state index contributed by atoms with van der Waals surface area (Å²) in [4.78, 5) is 53.4. The molecule has 7 rings (SSSR count). The van der Waals surface area contributed by atoms with E-state index in [4.69, 9.17) is 61.1 Å². The first-order valence-corrected chi connectivity index (χ1v) is 22.1. The minimum Gasteiger partial charge on any atom is -0.507 e. The molecule has 356 valence electrons. The Morgan fingerprint density at radius 3 is 1.85 bits per heavy atom. The van der Waals surface area contributed by atoms with Gasteiger partial charge in [-0.05, 0) is 90.1 Å². The SMILES string of the molecule is CC=C=NC(Cl)Cl.C[C@@H]1/C=C\C(=O)[C@@H](O)[C@@H](O)C/C=C/c2c3c(cc(O)c2C(=O)O[C@H]1C)OCO3.Cc1cc2c(c3c1C(=O)O[C@@H](C)[C@H](C)/C=C\C(=O)[C@H]1OC(C)(C)O[C@H]1CC=C3)OCO2. The van der Waals surface area contributed by atoms with E-state index in [0.717, 1.165) is 5.56 Å². The van der Waals surface area contributed by atoms with Crippen LogP contribution in [0.5, 0.6) is 28.7 Å². The number of aliphatic hydroxyl groups is 2. The van der Waals surface area contributed by atoms with Gasteiger partial charge in [0.25, 0.3) is 0 Å². The highest BCUT2D eigenvalue weighted by Gasteiger charge is 2.44. The number of benzene rings is 2. The van der Waals surface area contributed by atoms with Gasteiger partial charge < -0.3 is 53.2 Å². The van der Waals surface area contributed by atoms with Crippen molar-refractivity contribution in [1.29, 1.82) is 0 Å². The molecule has 5 aliphatic rings. The van der Waals surface area contributed by atoms with E-state index >= 15 is 0 Å². The number of alkyl halides is 2. The number of fused-ring (bicyclic) bond motifs is 7. The molecule has 16 nitrogen and oxygen atoms in total. The number of hydrogen-bond donors (Lipinski definition) is 3. The summed E-state index contributed by atoms with van der Waals surface area (Å²) in [7, 11) is 0. The van der Waals surface area contributed by atoms with Gasteiger partial charge in [0.2, 0.25) is 18.5 Å². The third kappa shape index (κ3) is 12.9. The molecule has 2 aromatic carbocycles. The van der Waals surface area contributed by atoms with Crippen LogP contribution in [0.15, 0.2) is 59.7 Å². The van der Waals surface area contributed by atoms with Crippen molar-refractivity contribution in [1.82, 2.24) is 0 Å². The van der Waals surface area contributed by atoms with Gasteiger partial charge in [-0.2, -0.15) is 0 Å². The average Bonchev–Trinajstić information content (AvgIpc) is 4.01. The predicted molar refractivity (Wildman–Crippen MR) is 244 cm³/mol. The number of aromatic hydroxyl groups is 1. The Bertz CT molecular complexity index is 2330. The fourth-order valence-corrected chi connectivity index (χ4v) is 7.18. The number of aryl methyl sites for hydroxylation is 1. The fraction of sp³-hybridized carbons (Fsp3) is 0.458. The maximum Gasteiger partial charge on any atom is 0.342 e. The molecule has 3 N–H and O–H groups in total. The lowest BCUT2D eigenvalue weighted by atomic mass is 9.97. The van der Waals surface area contributed by atoms with E-state index in [1.54, 1.807) is 52.8 Å². The zero-order valence-corrected chi connectivity index (χ0v) is 39.3. The normalized spacial score (nSPS) is 28.1. The molecule has 0 saturated carbocycles. The molecule has 1 saturated heterocycles. The van der Waals surface area contributed by atoms with E-state index in [1.165, 1.54) is 36.4 Å². The third-order valence-electron chi connectivity index (χ3n) is 10.9. The number of halogens is 2. The van der Waals surface area contributed by atoms with Crippen LogP contribution in [0.3, 0.4) is 0 Å². The van der Waals surface area contributed by atoms with E-state index in [9.17, 15) is 34.5 Å². The van der Waals surface area contributed by atoms with Gasteiger partial charge in [0, 0.05) is 29.0 Å². The van der Waals surface area contributed by atoms with E-state index in [-0.39, 0.29) is 66.0 Å². The van der Waals surface area contributed by atoms with E-state index < -0.39 is 65.1 Å². The second kappa shape index (κ2) is 22.8. The second-order valence-corrected chi connectivity index (χ2v) is 17.4. The van der Waals surface area contributed by atoms with Gasteiger partial charge in [-0.15, -0.1) is 0 Å². The van der Waals surface area contributed by atoms with Crippen molar-refractivity contribution in [3.8, 4) is 28.7 Å². The zero-order chi connectivity index (χ0) is 48.5. The van der Waals surface area contributed by atoms with Gasteiger partial charge in [0.1, 0.15) is 35.7 Å². The predicted octanol–water partition coefficient (Wildman–Crippen LogP) is 7.53. The number of rotatable bonds is 1. The van der Waals surface area contributed by atoms with Crippen LogP contribution in [0.1, 0.15) is 98.7 Å². The summed E-state index contributed by atoms with van der Waals surface area (Å²) in [5.41, 5.74) is 1.93. The number of cyclic esters (lactones) is 2. The quantitative estimate of drug-likeness (QED) is 0.109. The Morgan fingerprint density at radius 1 is 0.758 bits per heavy atom. The van der Waals surface area contributed by atoms with E-state index in [1.807, 2.05) is 32.9 Å². The maximum atomic E-state index is 13.1. The molecular weight excluding hydrogens is 901 g/mol. The molecule has 0 radical (unpaired) electrons. The van der Waals surface area contributed by atoms with Crippen LogP contribution in [0.2, 0.25) is 0 Å². The molecule has 0 aliphatic carbocycles. The minimum absolute atomic E-state index is 0.0630. The molecule has 0 bridgehead atoms. The molecule has 0 unspecified atom stereocenters. The van der Waals surface area contributed by atoms with Crippen LogP contribution in [0, 0.1) is 18.8 Å². The van der Waals surface area contributed by atoms with Gasteiger partial charge in [-0.1, -0.05) is 73.5 Å². The second-order valence-electron chi connectivity index (χ2n) is 16.3. The molecule has 18 heteroatoms. The molecule has 66 heavy (non-hydrogen) atoms. The van der Waals surface area contributed by atoms with Crippen LogP contribution in [0.25, 0.3) is 12.2 Å². The number of phenolic OH excluding ortho intramolecular Hbond substituents is 1. The summed E-state index contributed by atoms with van der Waals surface area (Å²) in [5, 5.41) is 30.4. The Hall–Kier alpha value is -5.45. The lowest BCUT2D eigenvalue weighted by molar-refractivity contribution is -0.152. The molecule has 5 aliphatic heterocycles. The maximum absolute atomic E-state index is 13.1. The highest BCUT2D eigenvalue weighted by Crippen LogP contribution is 2.44. The molecule has 0 amide bonds. The van der Waals surface area contributed by atoms with E-state index in [0.29, 0.717) is 29.0 Å². The molecule has 0 aromatic heterocycles.